The third-order valence-corrected chi connectivity index (χ3v) is 3.13. The Labute approximate surface area is 93.1 Å². The maximum Gasteiger partial charge on any atom is 0.238 e. The molecular formula is C10H10N2O3S. The van der Waals surface area contributed by atoms with Crippen LogP contribution < -0.4 is 4.72 Å². The lowest BCUT2D eigenvalue weighted by atomic mass is 10.2. The lowest BCUT2D eigenvalue weighted by Gasteiger charge is -2.04. The Morgan fingerprint density at radius 1 is 1.19 bits per heavy atom. The molecule has 16 heavy (non-hydrogen) atoms. The van der Waals surface area contributed by atoms with Gasteiger partial charge in [0.05, 0.1) is 5.75 Å². The molecule has 0 spiro atoms. The summed E-state index contributed by atoms with van der Waals surface area (Å²) in [5.74, 6) is 0.108. The van der Waals surface area contributed by atoms with E-state index in [4.69, 9.17) is 0 Å². The van der Waals surface area contributed by atoms with Crippen molar-refractivity contribution < 1.29 is 12.9 Å². The molecule has 2 aromatic rings. The van der Waals surface area contributed by atoms with E-state index in [2.05, 4.69) is 14.4 Å². The van der Waals surface area contributed by atoms with Crippen molar-refractivity contribution in [3.8, 4) is 0 Å². The van der Waals surface area contributed by atoms with E-state index in [1.165, 1.54) is 12.3 Å². The van der Waals surface area contributed by atoms with Crippen LogP contribution in [0.15, 0.2) is 47.2 Å². The van der Waals surface area contributed by atoms with Crippen LogP contribution in [-0.2, 0) is 15.8 Å². The van der Waals surface area contributed by atoms with Gasteiger partial charge in [0, 0.05) is 6.07 Å². The van der Waals surface area contributed by atoms with Crippen molar-refractivity contribution in [2.24, 2.45) is 0 Å². The molecule has 0 bridgehead atoms. The molecule has 0 unspecified atom stereocenters. The molecule has 0 aliphatic rings. The molecule has 6 heteroatoms. The summed E-state index contributed by atoms with van der Waals surface area (Å²) in [6, 6.07) is 10.4. The Morgan fingerprint density at radius 2 is 1.94 bits per heavy atom. The SMILES string of the molecule is O=S(=O)(Cc1ccccc1)Nc1ccon1. The summed E-state index contributed by atoms with van der Waals surface area (Å²) in [7, 11) is -3.43. The van der Waals surface area contributed by atoms with Crippen LogP contribution in [-0.4, -0.2) is 13.6 Å². The summed E-state index contributed by atoms with van der Waals surface area (Å²) >= 11 is 0. The second-order valence-corrected chi connectivity index (χ2v) is 4.95. The monoisotopic (exact) mass is 238 g/mol. The van der Waals surface area contributed by atoms with Crippen molar-refractivity contribution in [3.63, 3.8) is 0 Å². The van der Waals surface area contributed by atoms with E-state index < -0.39 is 10.0 Å². The lowest BCUT2D eigenvalue weighted by molar-refractivity contribution is 0.423. The van der Waals surface area contributed by atoms with Crippen LogP contribution in [0.3, 0.4) is 0 Å². The van der Waals surface area contributed by atoms with Gasteiger partial charge in [-0.3, -0.25) is 4.72 Å². The quantitative estimate of drug-likeness (QED) is 0.878. The van der Waals surface area contributed by atoms with Crippen molar-refractivity contribution in [1.82, 2.24) is 5.16 Å². The molecular weight excluding hydrogens is 228 g/mol. The standard InChI is InChI=1S/C10H10N2O3S/c13-16(14,12-10-6-7-15-11-10)8-9-4-2-1-3-5-9/h1-7H,8H2,(H,11,12). The molecule has 0 saturated heterocycles. The number of sulfonamides is 1. The van der Waals surface area contributed by atoms with Crippen molar-refractivity contribution in [3.05, 3.63) is 48.2 Å². The summed E-state index contributed by atoms with van der Waals surface area (Å²) in [5, 5.41) is 3.48. The third kappa shape index (κ3) is 2.83. The van der Waals surface area contributed by atoms with E-state index in [9.17, 15) is 8.42 Å². The Kier molecular flexibility index (Phi) is 2.91. The third-order valence-electron chi connectivity index (χ3n) is 1.90. The van der Waals surface area contributed by atoms with Crippen molar-refractivity contribution in [2.45, 2.75) is 5.75 Å². The van der Waals surface area contributed by atoms with E-state index in [0.29, 0.717) is 0 Å². The van der Waals surface area contributed by atoms with Crippen molar-refractivity contribution >= 4 is 15.8 Å². The molecule has 0 fully saturated rings. The molecule has 0 radical (unpaired) electrons. The van der Waals surface area contributed by atoms with Crippen molar-refractivity contribution in [1.29, 1.82) is 0 Å². The Bertz CT molecular complexity index is 535. The summed E-state index contributed by atoms with van der Waals surface area (Å²) in [6.07, 6.45) is 1.31. The fourth-order valence-corrected chi connectivity index (χ4v) is 2.38. The zero-order valence-corrected chi connectivity index (χ0v) is 9.15. The second-order valence-electron chi connectivity index (χ2n) is 3.23. The topological polar surface area (TPSA) is 72.2 Å². The zero-order valence-electron chi connectivity index (χ0n) is 8.33. The van der Waals surface area contributed by atoms with Crippen LogP contribution >= 0.6 is 0 Å². The summed E-state index contributed by atoms with van der Waals surface area (Å²) < 4.78 is 30.2. The maximum absolute atomic E-state index is 11.7. The Balaban J connectivity index is 2.09. The minimum Gasteiger partial charge on any atom is -0.363 e. The highest BCUT2D eigenvalue weighted by atomic mass is 32.2. The van der Waals surface area contributed by atoms with Crippen molar-refractivity contribution in [2.75, 3.05) is 4.72 Å². The summed E-state index contributed by atoms with van der Waals surface area (Å²) in [4.78, 5) is 0. The number of benzene rings is 1. The fourth-order valence-electron chi connectivity index (χ4n) is 1.25. The van der Waals surface area contributed by atoms with Gasteiger partial charge in [-0.05, 0) is 5.56 Å². The highest BCUT2D eigenvalue weighted by Gasteiger charge is 2.12. The van der Waals surface area contributed by atoms with E-state index in [-0.39, 0.29) is 11.6 Å². The van der Waals surface area contributed by atoms with Crippen LogP contribution in [0.5, 0.6) is 0 Å². The normalized spacial score (nSPS) is 11.2. The van der Waals surface area contributed by atoms with Gasteiger partial charge in [-0.1, -0.05) is 35.5 Å². The van der Waals surface area contributed by atoms with Crippen LogP contribution in [0.25, 0.3) is 0 Å². The molecule has 1 aromatic carbocycles. The molecule has 1 N–H and O–H groups in total. The fraction of sp³-hybridized carbons (Fsp3) is 0.100. The summed E-state index contributed by atoms with van der Waals surface area (Å²) in [6.45, 7) is 0. The molecule has 1 heterocycles. The van der Waals surface area contributed by atoms with Gasteiger partial charge < -0.3 is 4.52 Å². The second kappa shape index (κ2) is 4.36. The van der Waals surface area contributed by atoms with Crippen LogP contribution in [0.2, 0.25) is 0 Å². The zero-order chi connectivity index (χ0) is 11.4. The smallest absolute Gasteiger partial charge is 0.238 e. The average molecular weight is 238 g/mol. The molecule has 0 saturated carbocycles. The molecule has 0 amide bonds. The van der Waals surface area contributed by atoms with Gasteiger partial charge in [0.25, 0.3) is 0 Å². The van der Waals surface area contributed by atoms with Gasteiger partial charge in [-0.2, -0.15) is 0 Å². The maximum atomic E-state index is 11.7. The molecule has 0 atom stereocenters. The van der Waals surface area contributed by atoms with Gasteiger partial charge in [0.15, 0.2) is 5.82 Å². The molecule has 5 nitrogen and oxygen atoms in total. The predicted octanol–water partition coefficient (Wildman–Crippen LogP) is 1.62. The van der Waals surface area contributed by atoms with E-state index >= 15 is 0 Å². The minimum absolute atomic E-state index is 0.0826. The van der Waals surface area contributed by atoms with Gasteiger partial charge in [0.1, 0.15) is 6.26 Å². The van der Waals surface area contributed by atoms with Crippen LogP contribution in [0.1, 0.15) is 5.56 Å². The number of hydrogen-bond donors (Lipinski definition) is 1. The predicted molar refractivity (Wildman–Crippen MR) is 59.2 cm³/mol. The highest BCUT2D eigenvalue weighted by molar-refractivity contribution is 7.91. The first-order chi connectivity index (χ1) is 7.66. The number of aromatic nitrogens is 1. The number of rotatable bonds is 4. The molecule has 0 aliphatic heterocycles. The first-order valence-corrected chi connectivity index (χ1v) is 6.26. The van der Waals surface area contributed by atoms with E-state index in [1.807, 2.05) is 6.07 Å². The van der Waals surface area contributed by atoms with Crippen LogP contribution in [0, 0.1) is 0 Å². The number of nitrogens with one attached hydrogen (secondary N) is 1. The number of nitrogens with zero attached hydrogens (tertiary/aromatic N) is 1. The Hall–Kier alpha value is -1.82. The molecule has 2 rings (SSSR count). The number of anilines is 1. The first kappa shape index (κ1) is 10.7. The molecule has 1 aromatic heterocycles. The largest absolute Gasteiger partial charge is 0.363 e. The summed E-state index contributed by atoms with van der Waals surface area (Å²) in [5.41, 5.74) is 0.721. The van der Waals surface area contributed by atoms with Gasteiger partial charge >= 0.3 is 0 Å². The van der Waals surface area contributed by atoms with Gasteiger partial charge in [0.2, 0.25) is 10.0 Å². The van der Waals surface area contributed by atoms with E-state index in [1.54, 1.807) is 24.3 Å². The van der Waals surface area contributed by atoms with Gasteiger partial charge in [-0.25, -0.2) is 8.42 Å². The minimum atomic E-state index is -3.43. The lowest BCUT2D eigenvalue weighted by Crippen LogP contribution is -2.15. The van der Waals surface area contributed by atoms with Gasteiger partial charge in [-0.15, -0.1) is 0 Å². The first-order valence-electron chi connectivity index (χ1n) is 4.60. The van der Waals surface area contributed by atoms with Crippen LogP contribution in [0.4, 0.5) is 5.82 Å². The highest BCUT2D eigenvalue weighted by Crippen LogP contribution is 2.09. The number of hydrogen-bond acceptors (Lipinski definition) is 4. The molecule has 0 aliphatic carbocycles. The van der Waals surface area contributed by atoms with E-state index in [0.717, 1.165) is 5.56 Å². The average Bonchev–Trinajstić information content (AvgIpc) is 2.70. The molecule has 84 valence electrons. The Morgan fingerprint density at radius 3 is 2.56 bits per heavy atom.